The van der Waals surface area contributed by atoms with Crippen molar-refractivity contribution in [1.82, 2.24) is 14.7 Å². The Morgan fingerprint density at radius 2 is 1.77 bits per heavy atom. The van der Waals surface area contributed by atoms with E-state index in [-0.39, 0.29) is 11.9 Å². The molecule has 0 aliphatic carbocycles. The van der Waals surface area contributed by atoms with Crippen molar-refractivity contribution < 1.29 is 4.79 Å². The van der Waals surface area contributed by atoms with E-state index in [4.69, 9.17) is 0 Å². The number of carbonyl (C=O) groups excluding carboxylic acids is 1. The average molecular weight is 396 g/mol. The molecule has 1 atom stereocenters. The molecule has 2 heterocycles. The molecule has 150 valence electrons. The summed E-state index contributed by atoms with van der Waals surface area (Å²) in [5.41, 5.74) is 4.80. The van der Waals surface area contributed by atoms with E-state index < -0.39 is 0 Å². The molecule has 0 fully saturated rings. The lowest BCUT2D eigenvalue weighted by atomic mass is 9.99. The van der Waals surface area contributed by atoms with Gasteiger partial charge in [-0.05, 0) is 40.3 Å². The van der Waals surface area contributed by atoms with Gasteiger partial charge in [-0.2, -0.15) is 5.10 Å². The molecule has 1 aliphatic rings. The van der Waals surface area contributed by atoms with Crippen molar-refractivity contribution in [1.29, 1.82) is 0 Å². The van der Waals surface area contributed by atoms with E-state index in [9.17, 15) is 4.79 Å². The second-order valence-corrected chi connectivity index (χ2v) is 7.94. The molecule has 0 N–H and O–H groups in total. The molecule has 0 spiro atoms. The molecule has 4 nitrogen and oxygen atoms in total. The maximum atomic E-state index is 13.4. The molecule has 0 bridgehead atoms. The summed E-state index contributed by atoms with van der Waals surface area (Å²) in [6, 6.07) is 22.8. The Balaban J connectivity index is 1.42. The molecule has 5 rings (SSSR count). The molecular formula is C26H25N3O. The Morgan fingerprint density at radius 1 is 1.00 bits per heavy atom. The molecule has 0 saturated heterocycles. The van der Waals surface area contributed by atoms with E-state index in [0.29, 0.717) is 13.0 Å². The predicted octanol–water partition coefficient (Wildman–Crippen LogP) is 5.24. The van der Waals surface area contributed by atoms with Crippen LogP contribution in [-0.2, 0) is 17.8 Å². The topological polar surface area (TPSA) is 38.1 Å². The number of aromatic nitrogens is 2. The second-order valence-electron chi connectivity index (χ2n) is 7.94. The number of hydrogen-bond acceptors (Lipinski definition) is 2. The van der Waals surface area contributed by atoms with Crippen molar-refractivity contribution in [3.63, 3.8) is 0 Å². The number of benzene rings is 3. The lowest BCUT2D eigenvalue weighted by Crippen LogP contribution is -2.40. The molecule has 1 amide bonds. The Kier molecular flexibility index (Phi) is 4.83. The van der Waals surface area contributed by atoms with Crippen LogP contribution in [0.25, 0.3) is 21.9 Å². The van der Waals surface area contributed by atoms with Crippen molar-refractivity contribution in [2.75, 3.05) is 6.54 Å². The van der Waals surface area contributed by atoms with Crippen LogP contribution in [-0.4, -0.2) is 27.1 Å². The van der Waals surface area contributed by atoms with Gasteiger partial charge in [-0.15, -0.1) is 0 Å². The standard InChI is InChI=1S/C26H25N3O/c1-2-25(26(30)28-15-14-19-8-3-4-10-21(19)17-28)29-18-22(16-27-29)24-13-7-11-20-9-5-6-12-23(20)24/h3-13,16,18,25H,2,14-15,17H2,1H3. The number of carbonyl (C=O) groups is 1. The van der Waals surface area contributed by atoms with Crippen LogP contribution in [0.4, 0.5) is 0 Å². The van der Waals surface area contributed by atoms with Crippen LogP contribution in [0, 0.1) is 0 Å². The Labute approximate surface area is 176 Å². The number of fused-ring (bicyclic) bond motifs is 2. The SMILES string of the molecule is CCC(C(=O)N1CCc2ccccc2C1)n1cc(-c2cccc3ccccc23)cn1. The summed E-state index contributed by atoms with van der Waals surface area (Å²) in [5, 5.41) is 7.01. The summed E-state index contributed by atoms with van der Waals surface area (Å²) in [6.07, 6.45) is 5.53. The van der Waals surface area contributed by atoms with Gasteiger partial charge in [0.15, 0.2) is 0 Å². The Hall–Kier alpha value is -3.40. The molecule has 30 heavy (non-hydrogen) atoms. The van der Waals surface area contributed by atoms with Gasteiger partial charge < -0.3 is 4.90 Å². The van der Waals surface area contributed by atoms with Gasteiger partial charge in [-0.1, -0.05) is 73.7 Å². The van der Waals surface area contributed by atoms with Crippen LogP contribution in [0.2, 0.25) is 0 Å². The molecular weight excluding hydrogens is 370 g/mol. The van der Waals surface area contributed by atoms with Gasteiger partial charge in [0.25, 0.3) is 0 Å². The lowest BCUT2D eigenvalue weighted by Gasteiger charge is -2.31. The van der Waals surface area contributed by atoms with Crippen molar-refractivity contribution in [3.8, 4) is 11.1 Å². The van der Waals surface area contributed by atoms with Gasteiger partial charge >= 0.3 is 0 Å². The minimum atomic E-state index is -0.279. The van der Waals surface area contributed by atoms with Crippen molar-refractivity contribution >= 4 is 16.7 Å². The summed E-state index contributed by atoms with van der Waals surface area (Å²) >= 11 is 0. The highest BCUT2D eigenvalue weighted by Gasteiger charge is 2.28. The van der Waals surface area contributed by atoms with Gasteiger partial charge in [0.1, 0.15) is 6.04 Å². The molecule has 0 saturated carbocycles. The quantitative estimate of drug-likeness (QED) is 0.474. The third-order valence-corrected chi connectivity index (χ3v) is 6.14. The summed E-state index contributed by atoms with van der Waals surface area (Å²) in [6.45, 7) is 3.51. The van der Waals surface area contributed by atoms with Crippen LogP contribution in [0.15, 0.2) is 79.1 Å². The zero-order valence-electron chi connectivity index (χ0n) is 17.2. The monoisotopic (exact) mass is 395 g/mol. The summed E-state index contributed by atoms with van der Waals surface area (Å²) in [5.74, 6) is 0.152. The Bertz CT molecular complexity index is 1200. The number of nitrogens with zero attached hydrogens (tertiary/aromatic N) is 3. The normalized spacial score (nSPS) is 14.5. The van der Waals surface area contributed by atoms with Crippen molar-refractivity contribution in [3.05, 3.63) is 90.3 Å². The van der Waals surface area contributed by atoms with Gasteiger partial charge in [0.2, 0.25) is 5.91 Å². The summed E-state index contributed by atoms with van der Waals surface area (Å²) in [7, 11) is 0. The van der Waals surface area contributed by atoms with Crippen LogP contribution in [0.5, 0.6) is 0 Å². The fourth-order valence-electron chi connectivity index (χ4n) is 4.49. The Morgan fingerprint density at radius 3 is 2.63 bits per heavy atom. The first-order chi connectivity index (χ1) is 14.7. The maximum absolute atomic E-state index is 13.4. The summed E-state index contributed by atoms with van der Waals surface area (Å²) < 4.78 is 1.85. The molecule has 3 aromatic carbocycles. The molecule has 0 radical (unpaired) electrons. The van der Waals surface area contributed by atoms with Crippen LogP contribution >= 0.6 is 0 Å². The highest BCUT2D eigenvalue weighted by Crippen LogP contribution is 2.30. The first-order valence-corrected chi connectivity index (χ1v) is 10.6. The molecule has 4 heteroatoms. The van der Waals surface area contributed by atoms with Crippen LogP contribution in [0.3, 0.4) is 0 Å². The number of hydrogen-bond donors (Lipinski definition) is 0. The minimum Gasteiger partial charge on any atom is -0.336 e. The van der Waals surface area contributed by atoms with E-state index in [0.717, 1.165) is 24.1 Å². The number of amides is 1. The smallest absolute Gasteiger partial charge is 0.247 e. The zero-order valence-corrected chi connectivity index (χ0v) is 17.2. The fraction of sp³-hybridized carbons (Fsp3) is 0.231. The van der Waals surface area contributed by atoms with E-state index in [1.807, 2.05) is 28.0 Å². The second kappa shape index (κ2) is 7.79. The van der Waals surface area contributed by atoms with Gasteiger partial charge in [-0.25, -0.2) is 0 Å². The van der Waals surface area contributed by atoms with E-state index in [2.05, 4.69) is 72.7 Å². The fourth-order valence-corrected chi connectivity index (χ4v) is 4.49. The van der Waals surface area contributed by atoms with E-state index in [1.165, 1.54) is 21.9 Å². The largest absolute Gasteiger partial charge is 0.336 e. The first kappa shape index (κ1) is 18.6. The molecule has 1 unspecified atom stereocenters. The molecule has 1 aromatic heterocycles. The third-order valence-electron chi connectivity index (χ3n) is 6.14. The molecule has 1 aliphatic heterocycles. The number of rotatable bonds is 4. The predicted molar refractivity (Wildman–Crippen MR) is 120 cm³/mol. The van der Waals surface area contributed by atoms with Gasteiger partial charge in [-0.3, -0.25) is 9.48 Å². The average Bonchev–Trinajstić information content (AvgIpc) is 3.28. The molecule has 4 aromatic rings. The van der Waals surface area contributed by atoms with Crippen LogP contribution < -0.4 is 0 Å². The van der Waals surface area contributed by atoms with Crippen molar-refractivity contribution in [2.45, 2.75) is 32.4 Å². The highest BCUT2D eigenvalue weighted by atomic mass is 16.2. The minimum absolute atomic E-state index is 0.152. The highest BCUT2D eigenvalue weighted by molar-refractivity contribution is 5.96. The third kappa shape index (κ3) is 3.28. The first-order valence-electron chi connectivity index (χ1n) is 10.6. The van der Waals surface area contributed by atoms with E-state index >= 15 is 0 Å². The van der Waals surface area contributed by atoms with Gasteiger partial charge in [0.05, 0.1) is 6.20 Å². The zero-order chi connectivity index (χ0) is 20.5. The lowest BCUT2D eigenvalue weighted by molar-refractivity contribution is -0.136. The summed E-state index contributed by atoms with van der Waals surface area (Å²) in [4.78, 5) is 15.3. The van der Waals surface area contributed by atoms with Crippen LogP contribution in [0.1, 0.15) is 30.5 Å². The van der Waals surface area contributed by atoms with Gasteiger partial charge in [0, 0.05) is 24.8 Å². The van der Waals surface area contributed by atoms with Crippen molar-refractivity contribution in [2.24, 2.45) is 0 Å². The maximum Gasteiger partial charge on any atom is 0.247 e. The van der Waals surface area contributed by atoms with E-state index in [1.54, 1.807) is 0 Å².